The van der Waals surface area contributed by atoms with E-state index in [9.17, 15) is 0 Å². The molecule has 0 amide bonds. The maximum Gasteiger partial charge on any atom is 0.159 e. The highest BCUT2D eigenvalue weighted by atomic mass is 14.9. The monoisotopic (exact) mass is 474 g/mol. The quantitative estimate of drug-likeness (QED) is 0.286. The van der Waals surface area contributed by atoms with Gasteiger partial charge in [-0.2, -0.15) is 0 Å². The topological polar surface area (TPSA) is 25.8 Å². The Morgan fingerprint density at radius 1 is 0.629 bits per heavy atom. The van der Waals surface area contributed by atoms with Gasteiger partial charge in [-0.15, -0.1) is 0 Å². The molecule has 4 rings (SSSR count). The van der Waals surface area contributed by atoms with Gasteiger partial charge in [-0.25, -0.2) is 9.97 Å². The molecule has 0 unspecified atom stereocenters. The Bertz CT molecular complexity index is 824. The Morgan fingerprint density at radius 3 is 1.86 bits per heavy atom. The van der Waals surface area contributed by atoms with Crippen LogP contribution in [0.3, 0.4) is 0 Å². The Hall–Kier alpha value is -1.70. The molecule has 1 aromatic heterocycles. The Labute approximate surface area is 215 Å². The predicted molar refractivity (Wildman–Crippen MR) is 150 cm³/mol. The highest BCUT2D eigenvalue weighted by Gasteiger charge is 2.22. The lowest BCUT2D eigenvalue weighted by Gasteiger charge is -2.29. The molecule has 1 aromatic carbocycles. The molecule has 2 aromatic rings. The second kappa shape index (κ2) is 14.1. The van der Waals surface area contributed by atoms with Crippen molar-refractivity contribution in [2.24, 2.45) is 17.8 Å². The summed E-state index contributed by atoms with van der Waals surface area (Å²) >= 11 is 0. The minimum atomic E-state index is 0.747. The summed E-state index contributed by atoms with van der Waals surface area (Å²) in [6, 6.07) is 9.17. The SMILES string of the molecule is CCCCCC[C@H]1CC[C@H](c2ccc(-c3ncc(CC[C@H]4CC[C@H](CCC)CC4)cn3)cc2)CC1. The number of aromatic nitrogens is 2. The molecule has 0 N–H and O–H groups in total. The first-order valence-electron chi connectivity index (χ1n) is 15.2. The molecule has 0 saturated heterocycles. The zero-order chi connectivity index (χ0) is 24.3. The third-order valence-corrected chi connectivity index (χ3v) is 9.16. The van der Waals surface area contributed by atoms with Gasteiger partial charge in [-0.1, -0.05) is 109 Å². The minimum absolute atomic E-state index is 0.747. The van der Waals surface area contributed by atoms with E-state index in [4.69, 9.17) is 9.97 Å². The fraction of sp³-hybridized carbons (Fsp3) is 0.697. The van der Waals surface area contributed by atoms with Crippen LogP contribution in [0.5, 0.6) is 0 Å². The largest absolute Gasteiger partial charge is 0.236 e. The van der Waals surface area contributed by atoms with Crippen molar-refractivity contribution < 1.29 is 0 Å². The van der Waals surface area contributed by atoms with Crippen LogP contribution in [-0.4, -0.2) is 9.97 Å². The molecule has 2 aliphatic rings. The lowest BCUT2D eigenvalue weighted by molar-refractivity contribution is 0.252. The van der Waals surface area contributed by atoms with Crippen molar-refractivity contribution in [3.05, 3.63) is 47.8 Å². The predicted octanol–water partition coefficient (Wildman–Crippen LogP) is 9.93. The van der Waals surface area contributed by atoms with Crippen LogP contribution in [0, 0.1) is 17.8 Å². The molecule has 0 aliphatic heterocycles. The van der Waals surface area contributed by atoms with E-state index in [0.29, 0.717) is 0 Å². The summed E-state index contributed by atoms with van der Waals surface area (Å²) in [6.45, 7) is 4.63. The number of unbranched alkanes of at least 4 members (excludes halogenated alkanes) is 3. The normalized spacial score (nSPS) is 25.0. The van der Waals surface area contributed by atoms with Crippen molar-refractivity contribution in [3.8, 4) is 11.4 Å². The summed E-state index contributed by atoms with van der Waals surface area (Å²) in [6.07, 6.45) is 27.8. The van der Waals surface area contributed by atoms with E-state index in [0.717, 1.165) is 41.5 Å². The van der Waals surface area contributed by atoms with Crippen molar-refractivity contribution in [1.29, 1.82) is 0 Å². The van der Waals surface area contributed by atoms with Gasteiger partial charge in [-0.05, 0) is 73.3 Å². The fourth-order valence-corrected chi connectivity index (χ4v) is 6.77. The average molecular weight is 475 g/mol. The lowest BCUT2D eigenvalue weighted by Crippen LogP contribution is -2.15. The smallest absolute Gasteiger partial charge is 0.159 e. The van der Waals surface area contributed by atoms with Crippen molar-refractivity contribution in [2.75, 3.05) is 0 Å². The van der Waals surface area contributed by atoms with Gasteiger partial charge < -0.3 is 0 Å². The zero-order valence-corrected chi connectivity index (χ0v) is 22.7. The molecule has 0 bridgehead atoms. The second-order valence-corrected chi connectivity index (χ2v) is 11.8. The molecule has 2 fully saturated rings. The summed E-state index contributed by atoms with van der Waals surface area (Å²) in [5.74, 6) is 4.50. The van der Waals surface area contributed by atoms with E-state index in [2.05, 4.69) is 50.5 Å². The highest BCUT2D eigenvalue weighted by Crippen LogP contribution is 2.38. The van der Waals surface area contributed by atoms with Crippen LogP contribution in [0.4, 0.5) is 0 Å². The van der Waals surface area contributed by atoms with Crippen LogP contribution in [0.25, 0.3) is 11.4 Å². The Kier molecular flexibility index (Phi) is 10.7. The molecule has 1 heterocycles. The molecule has 35 heavy (non-hydrogen) atoms. The number of rotatable bonds is 12. The summed E-state index contributed by atoms with van der Waals surface area (Å²) in [7, 11) is 0. The number of benzene rings is 1. The minimum Gasteiger partial charge on any atom is -0.236 e. The number of hydrogen-bond acceptors (Lipinski definition) is 2. The first-order chi connectivity index (χ1) is 17.2. The Morgan fingerprint density at radius 2 is 1.23 bits per heavy atom. The first kappa shape index (κ1) is 26.4. The van der Waals surface area contributed by atoms with E-state index in [1.165, 1.54) is 114 Å². The lowest BCUT2D eigenvalue weighted by atomic mass is 9.77. The van der Waals surface area contributed by atoms with Crippen LogP contribution < -0.4 is 0 Å². The molecule has 2 heteroatoms. The second-order valence-electron chi connectivity index (χ2n) is 11.8. The van der Waals surface area contributed by atoms with E-state index in [-0.39, 0.29) is 0 Å². The summed E-state index contributed by atoms with van der Waals surface area (Å²) in [5, 5.41) is 0. The van der Waals surface area contributed by atoms with E-state index < -0.39 is 0 Å². The van der Waals surface area contributed by atoms with Crippen LogP contribution in [-0.2, 0) is 6.42 Å². The summed E-state index contributed by atoms with van der Waals surface area (Å²) in [5.41, 5.74) is 3.97. The third kappa shape index (κ3) is 8.16. The van der Waals surface area contributed by atoms with Gasteiger partial charge in [0.2, 0.25) is 0 Å². The first-order valence-corrected chi connectivity index (χ1v) is 15.2. The van der Waals surface area contributed by atoms with E-state index >= 15 is 0 Å². The fourth-order valence-electron chi connectivity index (χ4n) is 6.77. The molecule has 2 nitrogen and oxygen atoms in total. The van der Waals surface area contributed by atoms with Crippen molar-refractivity contribution >= 4 is 0 Å². The average Bonchev–Trinajstić information content (AvgIpc) is 2.92. The maximum absolute atomic E-state index is 4.73. The van der Waals surface area contributed by atoms with Crippen LogP contribution in [0.1, 0.15) is 134 Å². The number of aryl methyl sites for hydroxylation is 1. The molecular weight excluding hydrogens is 424 g/mol. The standard InChI is InChI=1S/C33H50N2/c1-3-5-6-7-9-27-16-18-30(19-17-27)31-20-22-32(23-21-31)33-34-24-29(25-35-33)15-14-28-12-10-26(8-4-2)11-13-28/h20-28,30H,3-19H2,1-2H3/t26-,27-,28-,30-. The van der Waals surface area contributed by atoms with Crippen LogP contribution in [0.15, 0.2) is 36.7 Å². The van der Waals surface area contributed by atoms with Crippen molar-refractivity contribution in [2.45, 2.75) is 129 Å². The van der Waals surface area contributed by atoms with Gasteiger partial charge in [0.05, 0.1) is 0 Å². The number of nitrogens with zero attached hydrogens (tertiary/aromatic N) is 2. The van der Waals surface area contributed by atoms with Crippen LogP contribution in [0.2, 0.25) is 0 Å². The van der Waals surface area contributed by atoms with Gasteiger partial charge >= 0.3 is 0 Å². The van der Waals surface area contributed by atoms with Gasteiger partial charge in [0.1, 0.15) is 0 Å². The van der Waals surface area contributed by atoms with Gasteiger partial charge in [0, 0.05) is 18.0 Å². The van der Waals surface area contributed by atoms with Gasteiger partial charge in [0.15, 0.2) is 5.82 Å². The molecule has 0 radical (unpaired) electrons. The van der Waals surface area contributed by atoms with Crippen LogP contribution >= 0.6 is 0 Å². The van der Waals surface area contributed by atoms with Gasteiger partial charge in [0.25, 0.3) is 0 Å². The highest BCUT2D eigenvalue weighted by molar-refractivity contribution is 5.55. The zero-order valence-electron chi connectivity index (χ0n) is 22.7. The van der Waals surface area contributed by atoms with Gasteiger partial charge in [-0.3, -0.25) is 0 Å². The third-order valence-electron chi connectivity index (χ3n) is 9.16. The maximum atomic E-state index is 4.73. The molecule has 2 saturated carbocycles. The molecule has 192 valence electrons. The molecule has 2 aliphatic carbocycles. The van der Waals surface area contributed by atoms with Crippen molar-refractivity contribution in [3.63, 3.8) is 0 Å². The molecular formula is C33H50N2. The Balaban J connectivity index is 1.20. The molecule has 0 atom stereocenters. The van der Waals surface area contributed by atoms with Crippen molar-refractivity contribution in [1.82, 2.24) is 9.97 Å². The summed E-state index contributed by atoms with van der Waals surface area (Å²) < 4.78 is 0. The number of hydrogen-bond donors (Lipinski definition) is 0. The molecule has 0 spiro atoms. The van der Waals surface area contributed by atoms with E-state index in [1.807, 2.05) is 0 Å². The van der Waals surface area contributed by atoms with E-state index in [1.54, 1.807) is 0 Å². The summed E-state index contributed by atoms with van der Waals surface area (Å²) in [4.78, 5) is 9.46.